The fourth-order valence-corrected chi connectivity index (χ4v) is 7.19. The van der Waals surface area contributed by atoms with Crippen molar-refractivity contribution in [2.75, 3.05) is 51.1 Å². The molecule has 2 aromatic carbocycles. The summed E-state index contributed by atoms with van der Waals surface area (Å²) in [5, 5.41) is 8.97. The highest BCUT2D eigenvalue weighted by Crippen LogP contribution is 2.52. The lowest BCUT2D eigenvalue weighted by atomic mass is 9.92. The van der Waals surface area contributed by atoms with Crippen LogP contribution < -0.4 is 20.7 Å². The van der Waals surface area contributed by atoms with Gasteiger partial charge >= 0.3 is 13.8 Å². The number of carbonyl (C=O) groups is 1. The maximum atomic E-state index is 14.1. The molecule has 46 heavy (non-hydrogen) atoms. The van der Waals surface area contributed by atoms with Crippen molar-refractivity contribution in [1.82, 2.24) is 20.2 Å². The van der Waals surface area contributed by atoms with E-state index < -0.39 is 25.2 Å². The second kappa shape index (κ2) is 13.8. The Bertz CT molecular complexity index is 1690. The van der Waals surface area contributed by atoms with E-state index in [-0.39, 0.29) is 36.9 Å². The number of benzene rings is 2. The van der Waals surface area contributed by atoms with Crippen molar-refractivity contribution in [3.63, 3.8) is 0 Å². The summed E-state index contributed by atoms with van der Waals surface area (Å²) in [5.41, 5.74) is 3.16. The third-order valence-electron chi connectivity index (χ3n) is 7.57. The SMILES string of the molecule is CCOP(=O)(Cc1ccc(Nc2ncc(C(F)(F)F)c(Nc3ccc(C4=CCNCC4)c4c3C(=O)N(C)C4)n2)c(OC)c1)OCC. The van der Waals surface area contributed by atoms with Crippen molar-refractivity contribution in [2.45, 2.75) is 39.2 Å². The number of halogens is 3. The topological polar surface area (TPSA) is 127 Å². The summed E-state index contributed by atoms with van der Waals surface area (Å²) in [7, 11) is -0.306. The first kappa shape index (κ1) is 33.4. The minimum Gasteiger partial charge on any atom is -0.495 e. The number of alkyl halides is 3. The number of ether oxygens (including phenoxy) is 1. The molecule has 246 valence electrons. The van der Waals surface area contributed by atoms with E-state index in [0.717, 1.165) is 29.7 Å². The number of anilines is 4. The van der Waals surface area contributed by atoms with Crippen LogP contribution in [0, 0.1) is 0 Å². The largest absolute Gasteiger partial charge is 0.495 e. The van der Waals surface area contributed by atoms with Crippen LogP contribution in [-0.4, -0.2) is 61.2 Å². The number of amides is 1. The minimum absolute atomic E-state index is 0.00135. The molecule has 3 N–H and O–H groups in total. The quantitative estimate of drug-likeness (QED) is 0.180. The molecule has 0 aliphatic carbocycles. The highest BCUT2D eigenvalue weighted by Gasteiger charge is 2.37. The molecule has 0 bridgehead atoms. The number of nitrogens with zero attached hydrogens (tertiary/aromatic N) is 3. The first-order chi connectivity index (χ1) is 22.0. The number of aromatic nitrogens is 2. The van der Waals surface area contributed by atoms with Gasteiger partial charge in [0.1, 0.15) is 17.1 Å². The zero-order valence-corrected chi connectivity index (χ0v) is 26.8. The molecule has 0 saturated carbocycles. The van der Waals surface area contributed by atoms with Gasteiger partial charge in [-0.25, -0.2) is 4.98 Å². The Labute approximate surface area is 265 Å². The molecule has 15 heteroatoms. The van der Waals surface area contributed by atoms with Crippen molar-refractivity contribution in [2.24, 2.45) is 0 Å². The highest BCUT2D eigenvalue weighted by atomic mass is 31.2. The Morgan fingerprint density at radius 1 is 1.09 bits per heavy atom. The smallest absolute Gasteiger partial charge is 0.421 e. The van der Waals surface area contributed by atoms with Gasteiger partial charge in [-0.2, -0.15) is 18.2 Å². The number of methoxy groups -OCH3 is 1. The molecule has 0 unspecified atom stereocenters. The van der Waals surface area contributed by atoms with Crippen LogP contribution in [0.2, 0.25) is 0 Å². The molecule has 2 aliphatic heterocycles. The fourth-order valence-electron chi connectivity index (χ4n) is 5.50. The second-order valence-electron chi connectivity index (χ2n) is 10.7. The average molecular weight is 661 g/mol. The van der Waals surface area contributed by atoms with Crippen LogP contribution in [0.3, 0.4) is 0 Å². The second-order valence-corrected chi connectivity index (χ2v) is 12.8. The van der Waals surface area contributed by atoms with E-state index in [9.17, 15) is 22.5 Å². The summed E-state index contributed by atoms with van der Waals surface area (Å²) in [5.74, 6) is -0.650. The summed E-state index contributed by atoms with van der Waals surface area (Å²) in [6.45, 7) is 5.70. The van der Waals surface area contributed by atoms with E-state index in [0.29, 0.717) is 41.9 Å². The Balaban J connectivity index is 1.48. The molecule has 11 nitrogen and oxygen atoms in total. The van der Waals surface area contributed by atoms with Crippen molar-refractivity contribution >= 4 is 42.2 Å². The maximum absolute atomic E-state index is 14.1. The van der Waals surface area contributed by atoms with E-state index in [1.54, 1.807) is 45.2 Å². The van der Waals surface area contributed by atoms with E-state index in [2.05, 4.69) is 32.0 Å². The van der Waals surface area contributed by atoms with Crippen LogP contribution in [0.25, 0.3) is 5.57 Å². The van der Waals surface area contributed by atoms with E-state index in [4.69, 9.17) is 13.8 Å². The number of nitrogens with one attached hydrogen (secondary N) is 3. The van der Waals surface area contributed by atoms with Crippen molar-refractivity contribution < 1.29 is 36.3 Å². The van der Waals surface area contributed by atoms with Crippen molar-refractivity contribution in [3.8, 4) is 5.75 Å². The van der Waals surface area contributed by atoms with Crippen molar-refractivity contribution in [3.05, 3.63) is 70.4 Å². The summed E-state index contributed by atoms with van der Waals surface area (Å²) in [4.78, 5) is 22.9. The minimum atomic E-state index is -4.78. The Morgan fingerprint density at radius 2 is 1.83 bits per heavy atom. The van der Waals surface area contributed by atoms with E-state index >= 15 is 0 Å². The molecule has 2 aliphatic rings. The monoisotopic (exact) mass is 660 g/mol. The lowest BCUT2D eigenvalue weighted by molar-refractivity contribution is -0.137. The van der Waals surface area contributed by atoms with Gasteiger partial charge in [0.15, 0.2) is 0 Å². The zero-order valence-electron chi connectivity index (χ0n) is 26.0. The number of fused-ring (bicyclic) bond motifs is 1. The molecule has 0 atom stereocenters. The van der Waals surface area contributed by atoms with Crippen LogP contribution in [0.5, 0.6) is 5.75 Å². The van der Waals surface area contributed by atoms with Crippen LogP contribution in [0.15, 0.2) is 42.6 Å². The van der Waals surface area contributed by atoms with Gasteiger partial charge in [0.25, 0.3) is 5.91 Å². The van der Waals surface area contributed by atoms with Gasteiger partial charge in [0.05, 0.1) is 43.4 Å². The molecule has 3 aromatic rings. The summed E-state index contributed by atoms with van der Waals surface area (Å²) in [6.07, 6.45) is -1.25. The van der Waals surface area contributed by atoms with Gasteiger partial charge in [-0.15, -0.1) is 0 Å². The third-order valence-corrected chi connectivity index (χ3v) is 9.62. The molecule has 1 amide bonds. The first-order valence-electron chi connectivity index (χ1n) is 14.8. The van der Waals surface area contributed by atoms with Gasteiger partial charge in [-0.3, -0.25) is 9.36 Å². The van der Waals surface area contributed by atoms with Crippen LogP contribution in [0.4, 0.5) is 36.3 Å². The predicted octanol–water partition coefficient (Wildman–Crippen LogP) is 6.72. The third kappa shape index (κ3) is 7.20. The number of hydrogen-bond donors (Lipinski definition) is 3. The first-order valence-corrected chi connectivity index (χ1v) is 16.5. The van der Waals surface area contributed by atoms with Gasteiger partial charge in [0.2, 0.25) is 5.95 Å². The van der Waals surface area contributed by atoms with Crippen LogP contribution in [-0.2, 0) is 32.5 Å². The van der Waals surface area contributed by atoms with E-state index in [1.807, 2.05) is 6.07 Å². The molecule has 0 saturated heterocycles. The Kier molecular flexibility index (Phi) is 10.0. The Morgan fingerprint density at radius 3 is 2.48 bits per heavy atom. The van der Waals surface area contributed by atoms with Crippen molar-refractivity contribution in [1.29, 1.82) is 0 Å². The summed E-state index contributed by atoms with van der Waals surface area (Å²) in [6, 6.07) is 8.36. The molecular formula is C31H36F3N6O5P. The normalized spacial score (nSPS) is 15.1. The molecule has 0 radical (unpaired) electrons. The van der Waals surface area contributed by atoms with Gasteiger partial charge in [-0.1, -0.05) is 18.2 Å². The summed E-state index contributed by atoms with van der Waals surface area (Å²) < 4.78 is 71.7. The molecule has 3 heterocycles. The number of hydrogen-bond acceptors (Lipinski definition) is 10. The standard InChI is InChI=1S/C31H36F3N6O5P/c1-5-44-46(42,45-6-2)18-19-7-9-24(26(15-19)43-4)38-30-36-16-23(31(32,33)34)28(39-30)37-25-10-8-21(20-11-13-35-14-12-20)22-17-40(3)29(41)27(22)25/h7-11,15-16,35H,5-6,12-14,17-18H2,1-4H3,(H2,36,37,38,39). The molecular weight excluding hydrogens is 624 g/mol. The average Bonchev–Trinajstić information content (AvgIpc) is 3.32. The maximum Gasteiger partial charge on any atom is 0.421 e. The van der Waals surface area contributed by atoms with Gasteiger partial charge in [-0.05, 0) is 67.3 Å². The molecule has 5 rings (SSSR count). The molecule has 0 spiro atoms. The lowest BCUT2D eigenvalue weighted by Gasteiger charge is -2.20. The summed E-state index contributed by atoms with van der Waals surface area (Å²) >= 11 is 0. The predicted molar refractivity (Wildman–Crippen MR) is 169 cm³/mol. The lowest BCUT2D eigenvalue weighted by Crippen LogP contribution is -2.20. The number of rotatable bonds is 12. The number of carbonyl (C=O) groups excluding carboxylic acids is 1. The Hall–Kier alpha value is -3.97. The van der Waals surface area contributed by atoms with Crippen LogP contribution in [0.1, 0.15) is 52.9 Å². The molecule has 1 aromatic heterocycles. The van der Waals surface area contributed by atoms with Gasteiger partial charge in [0, 0.05) is 26.3 Å². The molecule has 0 fully saturated rings. The highest BCUT2D eigenvalue weighted by molar-refractivity contribution is 7.53. The fraction of sp³-hybridized carbons (Fsp3) is 0.387. The van der Waals surface area contributed by atoms with E-state index in [1.165, 1.54) is 12.0 Å². The zero-order chi connectivity index (χ0) is 33.1. The van der Waals surface area contributed by atoms with Crippen LogP contribution >= 0.6 is 7.60 Å². The van der Waals surface area contributed by atoms with Gasteiger partial charge < -0.3 is 34.6 Å².